The molecule has 0 rings (SSSR count). The Labute approximate surface area is 74.4 Å². The van der Waals surface area contributed by atoms with Gasteiger partial charge in [-0.2, -0.15) is 0 Å². The van der Waals surface area contributed by atoms with Crippen molar-refractivity contribution in [3.8, 4) is 0 Å². The Morgan fingerprint density at radius 1 is 1.42 bits per heavy atom. The molecule has 1 N–H and O–H groups in total. The van der Waals surface area contributed by atoms with Gasteiger partial charge in [0.1, 0.15) is 0 Å². The smallest absolute Gasteiger partial charge is 0.243 e. The van der Waals surface area contributed by atoms with E-state index >= 15 is 0 Å². The average Bonchev–Trinajstić information content (AvgIpc) is 2.12. The van der Waals surface area contributed by atoms with Crippen LogP contribution in [0.2, 0.25) is 0 Å². The highest BCUT2D eigenvalue weighted by Crippen LogP contribution is 1.86. The Morgan fingerprint density at radius 2 is 2.00 bits per heavy atom. The molecule has 0 heterocycles. The van der Waals surface area contributed by atoms with Gasteiger partial charge in [0.25, 0.3) is 0 Å². The molecule has 12 heavy (non-hydrogen) atoms. The summed E-state index contributed by atoms with van der Waals surface area (Å²) in [5.41, 5.74) is 0. The van der Waals surface area contributed by atoms with Crippen molar-refractivity contribution >= 4 is 5.91 Å². The van der Waals surface area contributed by atoms with Crippen LogP contribution in [0.15, 0.2) is 12.2 Å². The van der Waals surface area contributed by atoms with Crippen LogP contribution in [0.25, 0.3) is 0 Å². The van der Waals surface area contributed by atoms with Crippen LogP contribution in [0.4, 0.5) is 0 Å². The normalized spacial score (nSPS) is 11.0. The largest absolute Gasteiger partial charge is 0.356 e. The molecule has 70 valence electrons. The topological polar surface area (TPSA) is 32.3 Å². The Kier molecular flexibility index (Phi) is 6.38. The number of amides is 1. The molecule has 0 aromatic heterocycles. The molecule has 0 unspecified atom stereocenters. The molecule has 0 radical (unpaired) electrons. The Balaban J connectivity index is 3.64. The highest BCUT2D eigenvalue weighted by atomic mass is 16.1. The number of carbonyl (C=O) groups is 1. The minimum atomic E-state index is -0.0397. The lowest BCUT2D eigenvalue weighted by molar-refractivity contribution is -0.116. The molecular formula is C9H18N2O. The maximum absolute atomic E-state index is 10.8. The van der Waals surface area contributed by atoms with Crippen molar-refractivity contribution in [2.75, 3.05) is 26.7 Å². The van der Waals surface area contributed by atoms with Gasteiger partial charge in [0.05, 0.1) is 0 Å². The second-order valence-corrected chi connectivity index (χ2v) is 2.50. The third kappa shape index (κ3) is 4.91. The SMILES string of the molecule is CCN(CC)C/C=C/C(=O)NC. The third-order valence-corrected chi connectivity index (χ3v) is 1.77. The van der Waals surface area contributed by atoms with Gasteiger partial charge in [0, 0.05) is 19.7 Å². The second-order valence-electron chi connectivity index (χ2n) is 2.50. The number of rotatable bonds is 5. The summed E-state index contributed by atoms with van der Waals surface area (Å²) >= 11 is 0. The van der Waals surface area contributed by atoms with Crippen LogP contribution in [0.1, 0.15) is 13.8 Å². The highest BCUT2D eigenvalue weighted by molar-refractivity contribution is 5.87. The van der Waals surface area contributed by atoms with E-state index < -0.39 is 0 Å². The number of nitrogens with zero attached hydrogens (tertiary/aromatic N) is 1. The maximum Gasteiger partial charge on any atom is 0.243 e. The quantitative estimate of drug-likeness (QED) is 0.614. The molecule has 0 aromatic carbocycles. The van der Waals surface area contributed by atoms with E-state index in [2.05, 4.69) is 24.1 Å². The van der Waals surface area contributed by atoms with Crippen LogP contribution in [-0.2, 0) is 4.79 Å². The molecule has 0 bridgehead atoms. The van der Waals surface area contributed by atoms with E-state index in [0.717, 1.165) is 19.6 Å². The number of carbonyl (C=O) groups excluding carboxylic acids is 1. The summed E-state index contributed by atoms with van der Waals surface area (Å²) in [6.07, 6.45) is 3.45. The van der Waals surface area contributed by atoms with E-state index in [4.69, 9.17) is 0 Å². The van der Waals surface area contributed by atoms with E-state index in [-0.39, 0.29) is 5.91 Å². The lowest BCUT2D eigenvalue weighted by Gasteiger charge is -2.14. The summed E-state index contributed by atoms with van der Waals surface area (Å²) in [6, 6.07) is 0. The van der Waals surface area contributed by atoms with Crippen molar-refractivity contribution in [2.45, 2.75) is 13.8 Å². The minimum Gasteiger partial charge on any atom is -0.356 e. The number of nitrogens with one attached hydrogen (secondary N) is 1. The summed E-state index contributed by atoms with van der Waals surface area (Å²) < 4.78 is 0. The van der Waals surface area contributed by atoms with Crippen LogP contribution in [-0.4, -0.2) is 37.5 Å². The molecular weight excluding hydrogens is 152 g/mol. The lowest BCUT2D eigenvalue weighted by atomic mass is 10.4. The predicted octanol–water partition coefficient (Wildman–Crippen LogP) is 0.630. The summed E-state index contributed by atoms with van der Waals surface area (Å²) in [7, 11) is 1.63. The molecule has 0 aliphatic heterocycles. The zero-order chi connectivity index (χ0) is 9.40. The molecule has 0 spiro atoms. The van der Waals surface area contributed by atoms with E-state index in [1.54, 1.807) is 13.1 Å². The fourth-order valence-corrected chi connectivity index (χ4v) is 0.874. The van der Waals surface area contributed by atoms with Crippen molar-refractivity contribution in [3.05, 3.63) is 12.2 Å². The van der Waals surface area contributed by atoms with Gasteiger partial charge >= 0.3 is 0 Å². The molecule has 0 aliphatic rings. The van der Waals surface area contributed by atoms with Gasteiger partial charge in [-0.1, -0.05) is 19.9 Å². The standard InChI is InChI=1S/C9H18N2O/c1-4-11(5-2)8-6-7-9(12)10-3/h6-7H,4-5,8H2,1-3H3,(H,10,12)/b7-6+. The van der Waals surface area contributed by atoms with Crippen LogP contribution in [0.5, 0.6) is 0 Å². The first-order chi connectivity index (χ1) is 5.74. The van der Waals surface area contributed by atoms with Crippen LogP contribution in [0, 0.1) is 0 Å². The van der Waals surface area contributed by atoms with Crippen LogP contribution < -0.4 is 5.32 Å². The van der Waals surface area contributed by atoms with E-state index in [1.807, 2.05) is 6.08 Å². The van der Waals surface area contributed by atoms with Gasteiger partial charge in [0.15, 0.2) is 0 Å². The Hall–Kier alpha value is -0.830. The van der Waals surface area contributed by atoms with Crippen molar-refractivity contribution in [3.63, 3.8) is 0 Å². The first-order valence-corrected chi connectivity index (χ1v) is 4.35. The van der Waals surface area contributed by atoms with Crippen molar-refractivity contribution in [1.29, 1.82) is 0 Å². The summed E-state index contributed by atoms with van der Waals surface area (Å²) in [4.78, 5) is 13.0. The van der Waals surface area contributed by atoms with Crippen molar-refractivity contribution in [2.24, 2.45) is 0 Å². The Morgan fingerprint density at radius 3 is 2.42 bits per heavy atom. The summed E-state index contributed by atoms with van der Waals surface area (Å²) in [5, 5.41) is 2.53. The minimum absolute atomic E-state index is 0.0397. The van der Waals surface area contributed by atoms with Gasteiger partial charge in [-0.25, -0.2) is 0 Å². The van der Waals surface area contributed by atoms with Crippen LogP contribution in [0.3, 0.4) is 0 Å². The third-order valence-electron chi connectivity index (χ3n) is 1.77. The number of hydrogen-bond acceptors (Lipinski definition) is 2. The fourth-order valence-electron chi connectivity index (χ4n) is 0.874. The summed E-state index contributed by atoms with van der Waals surface area (Å²) in [6.45, 7) is 7.11. The van der Waals surface area contributed by atoms with Gasteiger partial charge in [-0.15, -0.1) is 0 Å². The molecule has 0 saturated heterocycles. The molecule has 0 saturated carbocycles. The first-order valence-electron chi connectivity index (χ1n) is 4.35. The lowest BCUT2D eigenvalue weighted by Crippen LogP contribution is -2.23. The zero-order valence-corrected chi connectivity index (χ0v) is 8.13. The molecule has 0 fully saturated rings. The fraction of sp³-hybridized carbons (Fsp3) is 0.667. The first kappa shape index (κ1) is 11.2. The molecule has 3 heteroatoms. The molecule has 0 aliphatic carbocycles. The maximum atomic E-state index is 10.8. The molecule has 1 amide bonds. The number of hydrogen-bond donors (Lipinski definition) is 1. The van der Waals surface area contributed by atoms with Gasteiger partial charge in [-0.3, -0.25) is 4.79 Å². The van der Waals surface area contributed by atoms with E-state index in [1.165, 1.54) is 0 Å². The molecule has 3 nitrogen and oxygen atoms in total. The Bertz CT molecular complexity index is 151. The monoisotopic (exact) mass is 170 g/mol. The van der Waals surface area contributed by atoms with E-state index in [9.17, 15) is 4.79 Å². The van der Waals surface area contributed by atoms with Gasteiger partial charge < -0.3 is 10.2 Å². The molecule has 0 atom stereocenters. The summed E-state index contributed by atoms with van der Waals surface area (Å²) in [5.74, 6) is -0.0397. The van der Waals surface area contributed by atoms with Gasteiger partial charge in [-0.05, 0) is 13.1 Å². The predicted molar refractivity (Wildman–Crippen MR) is 51.0 cm³/mol. The zero-order valence-electron chi connectivity index (χ0n) is 8.13. The van der Waals surface area contributed by atoms with E-state index in [0.29, 0.717) is 0 Å². The van der Waals surface area contributed by atoms with Crippen LogP contribution >= 0.6 is 0 Å². The van der Waals surface area contributed by atoms with Crippen molar-refractivity contribution < 1.29 is 4.79 Å². The van der Waals surface area contributed by atoms with Crippen molar-refractivity contribution in [1.82, 2.24) is 10.2 Å². The highest BCUT2D eigenvalue weighted by Gasteiger charge is 1.94. The van der Waals surface area contributed by atoms with Gasteiger partial charge in [0.2, 0.25) is 5.91 Å². The molecule has 0 aromatic rings. The second kappa shape index (κ2) is 6.85. The number of likely N-dealkylation sites (N-methyl/N-ethyl adjacent to an activating group) is 2. The average molecular weight is 170 g/mol.